The van der Waals surface area contributed by atoms with E-state index in [0.29, 0.717) is 23.4 Å². The fourth-order valence-electron chi connectivity index (χ4n) is 4.56. The van der Waals surface area contributed by atoms with Crippen LogP contribution >= 0.6 is 0 Å². The van der Waals surface area contributed by atoms with Crippen LogP contribution in [0.1, 0.15) is 18.4 Å². The molecule has 0 amide bonds. The van der Waals surface area contributed by atoms with Gasteiger partial charge in [0.05, 0.1) is 5.69 Å². The van der Waals surface area contributed by atoms with Gasteiger partial charge in [-0.2, -0.15) is 14.8 Å². The van der Waals surface area contributed by atoms with Crippen molar-refractivity contribution in [3.63, 3.8) is 0 Å². The maximum atomic E-state index is 14.9. The normalized spacial score (nSPS) is 14.6. The van der Waals surface area contributed by atoms with Crippen molar-refractivity contribution in [1.29, 1.82) is 0 Å². The summed E-state index contributed by atoms with van der Waals surface area (Å²) in [5.41, 5.74) is 1.81. The van der Waals surface area contributed by atoms with Crippen LogP contribution in [0.5, 0.6) is 0 Å². The Hall–Kier alpha value is -3.85. The highest BCUT2D eigenvalue weighted by atomic mass is 19.1. The summed E-state index contributed by atoms with van der Waals surface area (Å²) in [6.45, 7) is 3.34. The van der Waals surface area contributed by atoms with Crippen molar-refractivity contribution >= 4 is 6.01 Å². The molecule has 9 heteroatoms. The molecule has 1 saturated heterocycles. The molecule has 3 heterocycles. The summed E-state index contributed by atoms with van der Waals surface area (Å²) in [6.07, 6.45) is 1.86. The minimum absolute atomic E-state index is 0.0972. The fourth-order valence-corrected chi connectivity index (χ4v) is 4.56. The van der Waals surface area contributed by atoms with E-state index in [2.05, 4.69) is 29.1 Å². The smallest absolute Gasteiger partial charge is 0.298 e. The van der Waals surface area contributed by atoms with Crippen LogP contribution in [0, 0.1) is 18.6 Å². The summed E-state index contributed by atoms with van der Waals surface area (Å²) in [6, 6.07) is 14.5. The molecule has 7 nitrogen and oxygen atoms in total. The Labute approximate surface area is 207 Å². The predicted octanol–water partition coefficient (Wildman–Crippen LogP) is 4.67. The SMILES string of the molecule is Cc1ccccc1-n1nc(-c2oc(N3CCC(N(C)C)CC3)nc2-c2ccc(F)cc2F)ccc1=O. The lowest BCUT2D eigenvalue weighted by molar-refractivity contribution is 0.246. The van der Waals surface area contributed by atoms with E-state index in [9.17, 15) is 13.6 Å². The van der Waals surface area contributed by atoms with Crippen molar-refractivity contribution in [3.05, 3.63) is 82.1 Å². The molecule has 5 rings (SSSR count). The number of para-hydroxylation sites is 1. The summed E-state index contributed by atoms with van der Waals surface area (Å²) >= 11 is 0. The van der Waals surface area contributed by atoms with Crippen LogP contribution in [0.15, 0.2) is 63.8 Å². The Morgan fingerprint density at radius 3 is 2.47 bits per heavy atom. The van der Waals surface area contributed by atoms with Gasteiger partial charge in [-0.1, -0.05) is 18.2 Å². The first-order valence-corrected chi connectivity index (χ1v) is 11.9. The third kappa shape index (κ3) is 4.54. The Kier molecular flexibility index (Phi) is 6.40. The highest BCUT2D eigenvalue weighted by Crippen LogP contribution is 2.36. The number of aryl methyl sites for hydroxylation is 1. The summed E-state index contributed by atoms with van der Waals surface area (Å²) < 4.78 is 36.0. The number of aromatic nitrogens is 3. The molecule has 0 bridgehead atoms. The molecular weight excluding hydrogens is 464 g/mol. The summed E-state index contributed by atoms with van der Waals surface area (Å²) in [4.78, 5) is 21.5. The van der Waals surface area contributed by atoms with E-state index in [-0.39, 0.29) is 22.6 Å². The van der Waals surface area contributed by atoms with Crippen LogP contribution in [-0.2, 0) is 0 Å². The lowest BCUT2D eigenvalue weighted by Gasteiger charge is -2.34. The lowest BCUT2D eigenvalue weighted by Crippen LogP contribution is -2.42. The van der Waals surface area contributed by atoms with E-state index in [0.717, 1.165) is 37.6 Å². The minimum atomic E-state index is -0.755. The molecule has 0 N–H and O–H groups in total. The Morgan fingerprint density at radius 1 is 1.03 bits per heavy atom. The fraction of sp³-hybridized carbons (Fsp3) is 0.296. The molecule has 1 aliphatic rings. The van der Waals surface area contributed by atoms with Crippen molar-refractivity contribution in [2.75, 3.05) is 32.1 Å². The maximum absolute atomic E-state index is 14.9. The first-order valence-electron chi connectivity index (χ1n) is 11.9. The van der Waals surface area contributed by atoms with Crippen LogP contribution in [0.2, 0.25) is 0 Å². The van der Waals surface area contributed by atoms with E-state index in [1.165, 1.54) is 28.9 Å². The largest absolute Gasteiger partial charge is 0.421 e. The molecule has 2 aromatic carbocycles. The van der Waals surface area contributed by atoms with Crippen molar-refractivity contribution < 1.29 is 13.2 Å². The monoisotopic (exact) mass is 491 g/mol. The van der Waals surface area contributed by atoms with Gasteiger partial charge in [0, 0.05) is 36.8 Å². The van der Waals surface area contributed by atoms with Gasteiger partial charge < -0.3 is 14.2 Å². The number of rotatable bonds is 5. The molecule has 0 radical (unpaired) electrons. The summed E-state index contributed by atoms with van der Waals surface area (Å²) in [5.74, 6) is -1.22. The van der Waals surface area contributed by atoms with Gasteiger partial charge in [0.2, 0.25) is 0 Å². The number of halogens is 2. The molecule has 0 spiro atoms. The molecule has 0 atom stereocenters. The zero-order valence-electron chi connectivity index (χ0n) is 20.4. The average molecular weight is 492 g/mol. The molecule has 186 valence electrons. The molecule has 0 unspecified atom stereocenters. The predicted molar refractivity (Wildman–Crippen MR) is 134 cm³/mol. The van der Waals surface area contributed by atoms with E-state index < -0.39 is 11.6 Å². The van der Waals surface area contributed by atoms with Crippen LogP contribution in [0.3, 0.4) is 0 Å². The van der Waals surface area contributed by atoms with Crippen molar-refractivity contribution in [2.24, 2.45) is 0 Å². The Balaban J connectivity index is 1.62. The highest BCUT2D eigenvalue weighted by molar-refractivity contribution is 5.76. The maximum Gasteiger partial charge on any atom is 0.298 e. The number of piperidine rings is 1. The minimum Gasteiger partial charge on any atom is -0.421 e. The molecule has 36 heavy (non-hydrogen) atoms. The second-order valence-corrected chi connectivity index (χ2v) is 9.24. The van der Waals surface area contributed by atoms with E-state index in [1.807, 2.05) is 30.0 Å². The van der Waals surface area contributed by atoms with Crippen LogP contribution in [-0.4, -0.2) is 52.9 Å². The Bertz CT molecular complexity index is 1450. The van der Waals surface area contributed by atoms with Gasteiger partial charge in [-0.15, -0.1) is 0 Å². The zero-order valence-corrected chi connectivity index (χ0v) is 20.4. The second-order valence-electron chi connectivity index (χ2n) is 9.24. The Morgan fingerprint density at radius 2 is 1.78 bits per heavy atom. The average Bonchev–Trinajstić information content (AvgIpc) is 3.30. The number of benzene rings is 2. The number of hydrogen-bond donors (Lipinski definition) is 0. The third-order valence-electron chi connectivity index (χ3n) is 6.64. The van der Waals surface area contributed by atoms with Crippen LogP contribution in [0.25, 0.3) is 28.4 Å². The second kappa shape index (κ2) is 9.66. The third-order valence-corrected chi connectivity index (χ3v) is 6.64. The number of nitrogens with zero attached hydrogens (tertiary/aromatic N) is 5. The molecule has 1 fully saturated rings. The first-order chi connectivity index (χ1) is 17.3. The first kappa shape index (κ1) is 23.9. The van der Waals surface area contributed by atoms with E-state index in [1.54, 1.807) is 6.07 Å². The standard InChI is InChI=1S/C27H27F2N5O2/c1-17-6-4-5-7-23(17)34-24(35)11-10-22(31-34)26-25(20-9-8-18(28)16-21(20)29)30-27(36-26)33-14-12-19(13-15-33)32(2)3/h4-11,16,19H,12-15H2,1-3H3. The quantitative estimate of drug-likeness (QED) is 0.404. The van der Waals surface area contributed by atoms with Crippen molar-refractivity contribution in [1.82, 2.24) is 19.7 Å². The lowest BCUT2D eigenvalue weighted by atomic mass is 10.0. The number of anilines is 1. The number of hydrogen-bond acceptors (Lipinski definition) is 6. The topological polar surface area (TPSA) is 67.4 Å². The summed E-state index contributed by atoms with van der Waals surface area (Å²) in [5, 5.41) is 4.55. The van der Waals surface area contributed by atoms with Gasteiger partial charge in [-0.05, 0) is 63.7 Å². The molecular formula is C27H27F2N5O2. The summed E-state index contributed by atoms with van der Waals surface area (Å²) in [7, 11) is 4.13. The van der Waals surface area contributed by atoms with Gasteiger partial charge in [0.1, 0.15) is 23.0 Å². The molecule has 0 saturated carbocycles. The molecule has 4 aromatic rings. The highest BCUT2D eigenvalue weighted by Gasteiger charge is 2.28. The zero-order chi connectivity index (χ0) is 25.4. The van der Waals surface area contributed by atoms with Gasteiger partial charge in [0.15, 0.2) is 5.76 Å². The number of oxazole rings is 1. The van der Waals surface area contributed by atoms with E-state index >= 15 is 0 Å². The van der Waals surface area contributed by atoms with Gasteiger partial charge >= 0.3 is 0 Å². The molecule has 2 aromatic heterocycles. The molecule has 0 aliphatic carbocycles. The van der Waals surface area contributed by atoms with Crippen LogP contribution in [0.4, 0.5) is 14.8 Å². The molecule has 1 aliphatic heterocycles. The van der Waals surface area contributed by atoms with Crippen molar-refractivity contribution in [2.45, 2.75) is 25.8 Å². The van der Waals surface area contributed by atoms with Gasteiger partial charge in [-0.3, -0.25) is 4.79 Å². The van der Waals surface area contributed by atoms with Crippen LogP contribution < -0.4 is 10.5 Å². The van der Waals surface area contributed by atoms with Gasteiger partial charge in [-0.25, -0.2) is 8.78 Å². The van der Waals surface area contributed by atoms with E-state index in [4.69, 9.17) is 4.42 Å². The van der Waals surface area contributed by atoms with Gasteiger partial charge in [0.25, 0.3) is 11.6 Å². The van der Waals surface area contributed by atoms with Crippen molar-refractivity contribution in [3.8, 4) is 28.4 Å².